The van der Waals surface area contributed by atoms with Crippen molar-refractivity contribution in [3.05, 3.63) is 88.5 Å². The van der Waals surface area contributed by atoms with Crippen molar-refractivity contribution >= 4 is 61.5 Å². The second-order valence-corrected chi connectivity index (χ2v) is 11.7. The number of hydrazone groups is 1. The Morgan fingerprint density at radius 1 is 1.07 bits per heavy atom. The van der Waals surface area contributed by atoms with Crippen LogP contribution in [0.2, 0.25) is 5.02 Å². The largest absolute Gasteiger partial charge is 0.490 e. The molecule has 0 radical (unpaired) electrons. The molecule has 1 N–H and O–H groups in total. The van der Waals surface area contributed by atoms with E-state index in [1.165, 1.54) is 35.4 Å². The van der Waals surface area contributed by atoms with Crippen molar-refractivity contribution in [2.45, 2.75) is 18.7 Å². The lowest BCUT2D eigenvalue weighted by atomic mass is 10.1. The van der Waals surface area contributed by atoms with Crippen molar-refractivity contribution in [2.24, 2.45) is 10.1 Å². The average Bonchev–Trinajstić information content (AvgIpc) is 3.36. The summed E-state index contributed by atoms with van der Waals surface area (Å²) in [7, 11) is -4.21. The Labute approximate surface area is 245 Å². The van der Waals surface area contributed by atoms with Gasteiger partial charge in [0.25, 0.3) is 5.91 Å². The van der Waals surface area contributed by atoms with Gasteiger partial charge in [0.15, 0.2) is 11.6 Å². The van der Waals surface area contributed by atoms with Gasteiger partial charge in [0.1, 0.15) is 22.3 Å². The summed E-state index contributed by atoms with van der Waals surface area (Å²) in [4.78, 5) is 16.9. The minimum Gasteiger partial charge on any atom is -0.490 e. The number of thioether (sulfide) groups is 1. The van der Waals surface area contributed by atoms with E-state index in [1.807, 2.05) is 37.3 Å². The molecule has 3 aromatic rings. The lowest BCUT2D eigenvalue weighted by molar-refractivity contribution is -0.114. The number of amidine groups is 2. The molecule has 10 nitrogen and oxygen atoms in total. The highest BCUT2D eigenvalue weighted by Gasteiger charge is 2.36. The van der Waals surface area contributed by atoms with Crippen LogP contribution in [0.5, 0.6) is 17.2 Å². The van der Waals surface area contributed by atoms with Gasteiger partial charge in [-0.25, -0.2) is 0 Å². The fourth-order valence-electron chi connectivity index (χ4n) is 3.80. The molecular formula is C28H23ClN4O6S2. The molecule has 1 amide bonds. The molecular weight excluding hydrogens is 588 g/mol. The number of benzene rings is 3. The van der Waals surface area contributed by atoms with Crippen molar-refractivity contribution < 1.29 is 26.9 Å². The third-order valence-corrected chi connectivity index (χ3v) is 8.15. The normalized spacial score (nSPS) is 15.9. The molecule has 2 aliphatic rings. The molecule has 5 rings (SSSR count). The van der Waals surface area contributed by atoms with Crippen LogP contribution in [-0.4, -0.2) is 48.6 Å². The molecule has 0 fully saturated rings. The predicted octanol–water partition coefficient (Wildman–Crippen LogP) is 5.51. The maximum absolute atomic E-state index is 12.9. The quantitative estimate of drug-likeness (QED) is 0.248. The second-order valence-electron chi connectivity index (χ2n) is 8.73. The van der Waals surface area contributed by atoms with Crippen LogP contribution >= 0.6 is 23.4 Å². The van der Waals surface area contributed by atoms with Gasteiger partial charge in [-0.2, -0.15) is 23.5 Å². The maximum Gasteiger partial charge on any atom is 0.339 e. The lowest BCUT2D eigenvalue weighted by Gasteiger charge is -2.20. The molecule has 0 unspecified atom stereocenters. The summed E-state index contributed by atoms with van der Waals surface area (Å²) in [6, 6.07) is 18.3. The number of carbonyl (C=O) groups is 1. The van der Waals surface area contributed by atoms with E-state index < -0.39 is 16.0 Å². The lowest BCUT2D eigenvalue weighted by Crippen LogP contribution is -2.35. The highest BCUT2D eigenvalue weighted by atomic mass is 35.5. The number of halogens is 1. The zero-order valence-corrected chi connectivity index (χ0v) is 24.2. The highest BCUT2D eigenvalue weighted by molar-refractivity contribution is 8.27. The third-order valence-electron chi connectivity index (χ3n) is 5.75. The number of aliphatic imine (C=N–C) groups is 1. The first-order valence-corrected chi connectivity index (χ1v) is 14.9. The second kappa shape index (κ2) is 11.8. The molecule has 3 aromatic carbocycles. The first-order valence-electron chi connectivity index (χ1n) is 12.3. The van der Waals surface area contributed by atoms with E-state index in [0.29, 0.717) is 16.4 Å². The van der Waals surface area contributed by atoms with E-state index in [4.69, 9.17) is 30.7 Å². The van der Waals surface area contributed by atoms with Gasteiger partial charge in [-0.3, -0.25) is 10.2 Å². The highest BCUT2D eigenvalue weighted by Crippen LogP contribution is 2.39. The first kappa shape index (κ1) is 28.4. The summed E-state index contributed by atoms with van der Waals surface area (Å²) in [5.74, 6) is -0.290. The van der Waals surface area contributed by atoms with Gasteiger partial charge in [-0.05, 0) is 73.6 Å². The summed E-state index contributed by atoms with van der Waals surface area (Å²) >= 11 is 7.60. The number of hydrogen-bond donors (Lipinski definition) is 1. The standard InChI is InChI=1S/C28H23ClN4O6S2/c1-3-37-23-15-18(14-22(29)25(23)39-41(35,36)20-11-9-17(2)10-12-20)13-21-26(30)33-28(31-27(21)34)40-24(32-33)16-38-19-7-5-4-6-8-19/h4-15,30H,3,16H2,1-2H3/b21-13-,30-26?. The van der Waals surface area contributed by atoms with Crippen LogP contribution in [0.3, 0.4) is 0 Å². The SMILES string of the molecule is CCOc1cc(/C=C2/C(=N)N3N=C(COc4ccccc4)SC3=NC2=O)cc(Cl)c1OS(=O)(=O)c1ccc(C)cc1. The minimum atomic E-state index is -4.21. The van der Waals surface area contributed by atoms with Gasteiger partial charge in [-0.15, -0.1) is 0 Å². The monoisotopic (exact) mass is 610 g/mol. The van der Waals surface area contributed by atoms with Crippen molar-refractivity contribution in [3.63, 3.8) is 0 Å². The Hall–Kier alpha value is -4.13. The van der Waals surface area contributed by atoms with Crippen LogP contribution in [-0.2, 0) is 14.9 Å². The number of hydrogen-bond acceptors (Lipinski definition) is 9. The van der Waals surface area contributed by atoms with Gasteiger partial charge < -0.3 is 13.7 Å². The number of nitrogens with zero attached hydrogens (tertiary/aromatic N) is 3. The smallest absolute Gasteiger partial charge is 0.339 e. The van der Waals surface area contributed by atoms with Crippen molar-refractivity contribution in [3.8, 4) is 17.2 Å². The number of carbonyl (C=O) groups excluding carboxylic acids is 1. The van der Waals surface area contributed by atoms with Crippen LogP contribution in [0, 0.1) is 12.3 Å². The molecule has 0 saturated heterocycles. The number of rotatable bonds is 9. The topological polar surface area (TPSA) is 131 Å². The number of fused-ring (bicyclic) bond motifs is 1. The first-order chi connectivity index (χ1) is 19.6. The maximum atomic E-state index is 12.9. The summed E-state index contributed by atoms with van der Waals surface area (Å²) < 4.78 is 42.5. The molecule has 41 heavy (non-hydrogen) atoms. The van der Waals surface area contributed by atoms with E-state index in [0.717, 1.165) is 17.3 Å². The van der Waals surface area contributed by atoms with Crippen LogP contribution in [0.15, 0.2) is 87.3 Å². The van der Waals surface area contributed by atoms with Gasteiger partial charge in [0, 0.05) is 0 Å². The van der Waals surface area contributed by atoms with Crippen LogP contribution < -0.4 is 13.7 Å². The number of aryl methyl sites for hydroxylation is 1. The molecule has 0 bridgehead atoms. The predicted molar refractivity (Wildman–Crippen MR) is 159 cm³/mol. The van der Waals surface area contributed by atoms with E-state index in [1.54, 1.807) is 19.1 Å². The van der Waals surface area contributed by atoms with Crippen LogP contribution in [0.4, 0.5) is 0 Å². The number of para-hydroxylation sites is 1. The Morgan fingerprint density at radius 2 is 1.80 bits per heavy atom. The van der Waals surface area contributed by atoms with Crippen molar-refractivity contribution in [1.29, 1.82) is 5.41 Å². The van der Waals surface area contributed by atoms with E-state index in [-0.39, 0.29) is 51.2 Å². The fourth-order valence-corrected chi connectivity index (χ4v) is 5.85. The minimum absolute atomic E-state index is 0.0391. The van der Waals surface area contributed by atoms with Crippen molar-refractivity contribution in [2.75, 3.05) is 13.2 Å². The zero-order chi connectivity index (χ0) is 29.1. The molecule has 0 saturated carbocycles. The summed E-state index contributed by atoms with van der Waals surface area (Å²) in [5, 5.41) is 15.0. The van der Waals surface area contributed by atoms with Gasteiger partial charge >= 0.3 is 10.1 Å². The molecule has 2 heterocycles. The molecule has 0 spiro atoms. The van der Waals surface area contributed by atoms with E-state index >= 15 is 0 Å². The molecule has 13 heteroatoms. The Balaban J connectivity index is 1.40. The van der Waals surface area contributed by atoms with Crippen LogP contribution in [0.1, 0.15) is 18.1 Å². The summed E-state index contributed by atoms with van der Waals surface area (Å²) in [6.07, 6.45) is 1.41. The molecule has 0 aromatic heterocycles. The van der Waals surface area contributed by atoms with E-state index in [2.05, 4.69) is 10.1 Å². The Bertz CT molecular complexity index is 1720. The van der Waals surface area contributed by atoms with Gasteiger partial charge in [0.2, 0.25) is 10.9 Å². The number of nitrogens with one attached hydrogen (secondary N) is 1. The van der Waals surface area contributed by atoms with E-state index in [9.17, 15) is 13.2 Å². The fraction of sp³-hybridized carbons (Fsp3) is 0.143. The van der Waals surface area contributed by atoms with Crippen LogP contribution in [0.25, 0.3) is 6.08 Å². The number of ether oxygens (including phenoxy) is 2. The molecule has 210 valence electrons. The summed E-state index contributed by atoms with van der Waals surface area (Å²) in [5.41, 5.74) is 1.22. The molecule has 0 aliphatic carbocycles. The van der Waals surface area contributed by atoms with Gasteiger partial charge in [0.05, 0.1) is 17.2 Å². The Kier molecular flexibility index (Phi) is 8.15. The zero-order valence-electron chi connectivity index (χ0n) is 21.8. The number of amides is 1. The summed E-state index contributed by atoms with van der Waals surface area (Å²) in [6.45, 7) is 3.89. The Morgan fingerprint density at radius 3 is 2.51 bits per heavy atom. The van der Waals surface area contributed by atoms with Gasteiger partial charge in [-0.1, -0.05) is 47.5 Å². The third kappa shape index (κ3) is 6.29. The molecule has 0 atom stereocenters. The molecule has 2 aliphatic heterocycles. The average molecular weight is 611 g/mol. The van der Waals surface area contributed by atoms with Crippen molar-refractivity contribution in [1.82, 2.24) is 5.01 Å².